The highest BCUT2D eigenvalue weighted by Crippen LogP contribution is 2.36. The molecule has 0 spiro atoms. The van der Waals surface area contributed by atoms with Gasteiger partial charge in [0.15, 0.2) is 0 Å². The molecule has 4 rings (SSSR count). The van der Waals surface area contributed by atoms with Gasteiger partial charge in [-0.15, -0.1) is 0 Å². The summed E-state index contributed by atoms with van der Waals surface area (Å²) in [5, 5.41) is 2.15. The van der Waals surface area contributed by atoms with Crippen LogP contribution in [0.4, 0.5) is 0 Å². The van der Waals surface area contributed by atoms with Gasteiger partial charge in [0.1, 0.15) is 11.2 Å². The second-order valence-electron chi connectivity index (χ2n) is 4.64. The Kier molecular flexibility index (Phi) is 2.60. The Balaban J connectivity index is 2.16. The minimum Gasteiger partial charge on any atom is -0.456 e. The highest BCUT2D eigenvalue weighted by molar-refractivity contribution is 9.10. The molecule has 0 radical (unpaired) electrons. The first-order chi connectivity index (χ1) is 9.83. The van der Waals surface area contributed by atoms with Gasteiger partial charge in [0, 0.05) is 21.6 Å². The van der Waals surface area contributed by atoms with Crippen molar-refractivity contribution in [3.63, 3.8) is 0 Å². The van der Waals surface area contributed by atoms with Gasteiger partial charge in [-0.25, -0.2) is 0 Å². The molecule has 0 aliphatic rings. The lowest BCUT2D eigenvalue weighted by molar-refractivity contribution is 0.668. The highest BCUT2D eigenvalue weighted by Gasteiger charge is 2.13. The van der Waals surface area contributed by atoms with E-state index in [-0.39, 0.29) is 0 Å². The minimum atomic E-state index is 0.868. The van der Waals surface area contributed by atoms with Crippen LogP contribution in [-0.4, -0.2) is 4.98 Å². The molecule has 0 saturated heterocycles. The minimum absolute atomic E-state index is 0.868. The first-order valence-corrected chi connectivity index (χ1v) is 7.14. The molecule has 3 heteroatoms. The van der Waals surface area contributed by atoms with E-state index in [4.69, 9.17) is 4.42 Å². The molecule has 20 heavy (non-hydrogen) atoms. The number of halogens is 1. The zero-order valence-electron chi connectivity index (χ0n) is 10.5. The maximum Gasteiger partial charge on any atom is 0.139 e. The second-order valence-corrected chi connectivity index (χ2v) is 5.56. The van der Waals surface area contributed by atoms with Crippen LogP contribution < -0.4 is 0 Å². The van der Waals surface area contributed by atoms with E-state index in [1.54, 1.807) is 6.20 Å². The number of hydrogen-bond acceptors (Lipinski definition) is 2. The van der Waals surface area contributed by atoms with Crippen molar-refractivity contribution < 1.29 is 4.42 Å². The van der Waals surface area contributed by atoms with Gasteiger partial charge in [-0.2, -0.15) is 0 Å². The quantitative estimate of drug-likeness (QED) is 0.468. The summed E-state index contributed by atoms with van der Waals surface area (Å²) >= 11 is 3.52. The molecule has 0 fully saturated rings. The lowest BCUT2D eigenvalue weighted by Gasteiger charge is -2.02. The zero-order valence-corrected chi connectivity index (χ0v) is 12.1. The zero-order chi connectivity index (χ0) is 13.5. The third kappa shape index (κ3) is 1.74. The van der Waals surface area contributed by atoms with Crippen LogP contribution in [0.3, 0.4) is 0 Å². The highest BCUT2D eigenvalue weighted by atomic mass is 79.9. The van der Waals surface area contributed by atoms with Crippen LogP contribution in [0.2, 0.25) is 0 Å². The molecule has 0 N–H and O–H groups in total. The Morgan fingerprint density at radius 1 is 0.900 bits per heavy atom. The number of fused-ring (bicyclic) bond motifs is 3. The molecule has 4 aromatic rings. The van der Waals surface area contributed by atoms with Gasteiger partial charge in [0.05, 0.1) is 11.1 Å². The van der Waals surface area contributed by atoms with Crippen LogP contribution in [0.5, 0.6) is 0 Å². The number of aromatic nitrogens is 1. The van der Waals surface area contributed by atoms with Gasteiger partial charge in [-0.1, -0.05) is 46.3 Å². The fourth-order valence-electron chi connectivity index (χ4n) is 2.51. The van der Waals surface area contributed by atoms with Gasteiger partial charge in [0.25, 0.3) is 0 Å². The van der Waals surface area contributed by atoms with E-state index < -0.39 is 0 Å². The lowest BCUT2D eigenvalue weighted by atomic mass is 10.1. The van der Waals surface area contributed by atoms with Gasteiger partial charge in [0.2, 0.25) is 0 Å². The molecule has 0 saturated carbocycles. The SMILES string of the molecule is Brc1ccc2oc3ccnc(-c4ccccc4)c3c2c1. The summed E-state index contributed by atoms with van der Waals surface area (Å²) in [5.74, 6) is 0. The van der Waals surface area contributed by atoms with Crippen molar-refractivity contribution in [1.82, 2.24) is 4.98 Å². The molecule has 2 nitrogen and oxygen atoms in total. The second kappa shape index (κ2) is 4.46. The van der Waals surface area contributed by atoms with Crippen molar-refractivity contribution in [3.05, 3.63) is 65.3 Å². The van der Waals surface area contributed by atoms with Crippen LogP contribution in [0, 0.1) is 0 Å². The molecule has 2 heterocycles. The van der Waals surface area contributed by atoms with E-state index in [0.717, 1.165) is 37.7 Å². The molecular weight excluding hydrogens is 314 g/mol. The molecule has 2 aromatic carbocycles. The predicted molar refractivity (Wildman–Crippen MR) is 84.7 cm³/mol. The van der Waals surface area contributed by atoms with E-state index in [2.05, 4.69) is 39.1 Å². The molecule has 0 aliphatic carbocycles. The molecular formula is C17H10BrNO. The number of hydrogen-bond donors (Lipinski definition) is 0. The normalized spacial score (nSPS) is 11.2. The third-order valence-electron chi connectivity index (χ3n) is 3.39. The van der Waals surface area contributed by atoms with Gasteiger partial charge in [-0.05, 0) is 24.3 Å². The van der Waals surface area contributed by atoms with Crippen LogP contribution in [-0.2, 0) is 0 Å². The summed E-state index contributed by atoms with van der Waals surface area (Å²) in [6.45, 7) is 0. The number of benzene rings is 2. The Morgan fingerprint density at radius 3 is 2.60 bits per heavy atom. The standard InChI is InChI=1S/C17H10BrNO/c18-12-6-7-14-13(10-12)16-15(20-14)8-9-19-17(16)11-4-2-1-3-5-11/h1-10H. The summed E-state index contributed by atoms with van der Waals surface area (Å²) in [6.07, 6.45) is 1.79. The number of nitrogens with zero attached hydrogens (tertiary/aromatic N) is 1. The Hall–Kier alpha value is -2.13. The van der Waals surface area contributed by atoms with Crippen LogP contribution >= 0.6 is 15.9 Å². The van der Waals surface area contributed by atoms with E-state index in [0.29, 0.717) is 0 Å². The van der Waals surface area contributed by atoms with Gasteiger partial charge >= 0.3 is 0 Å². The van der Waals surface area contributed by atoms with Crippen molar-refractivity contribution >= 4 is 37.9 Å². The van der Waals surface area contributed by atoms with Crippen molar-refractivity contribution in [1.29, 1.82) is 0 Å². The molecule has 0 aliphatic heterocycles. The largest absolute Gasteiger partial charge is 0.456 e. The van der Waals surface area contributed by atoms with Gasteiger partial charge in [-0.3, -0.25) is 4.98 Å². The Labute approximate surface area is 124 Å². The van der Waals surface area contributed by atoms with Crippen molar-refractivity contribution in [2.24, 2.45) is 0 Å². The number of pyridine rings is 1. The molecule has 0 amide bonds. The fraction of sp³-hybridized carbons (Fsp3) is 0. The van der Waals surface area contributed by atoms with E-state index in [9.17, 15) is 0 Å². The number of rotatable bonds is 1. The first kappa shape index (κ1) is 11.7. The summed E-state index contributed by atoms with van der Waals surface area (Å²) < 4.78 is 6.95. The average Bonchev–Trinajstić information content (AvgIpc) is 2.86. The third-order valence-corrected chi connectivity index (χ3v) is 3.88. The summed E-state index contributed by atoms with van der Waals surface area (Å²) in [6, 6.07) is 18.1. The predicted octanol–water partition coefficient (Wildman–Crippen LogP) is 5.41. The maximum absolute atomic E-state index is 5.91. The first-order valence-electron chi connectivity index (χ1n) is 6.35. The maximum atomic E-state index is 5.91. The Bertz CT molecular complexity index is 912. The number of furan rings is 1. The monoisotopic (exact) mass is 323 g/mol. The smallest absolute Gasteiger partial charge is 0.139 e. The van der Waals surface area contributed by atoms with Crippen molar-refractivity contribution in [2.75, 3.05) is 0 Å². The van der Waals surface area contributed by atoms with Gasteiger partial charge < -0.3 is 4.42 Å². The van der Waals surface area contributed by atoms with Crippen LogP contribution in [0.1, 0.15) is 0 Å². The average molecular weight is 324 g/mol. The topological polar surface area (TPSA) is 26.0 Å². The molecule has 0 unspecified atom stereocenters. The molecule has 2 aromatic heterocycles. The van der Waals surface area contributed by atoms with Crippen LogP contribution in [0.25, 0.3) is 33.2 Å². The summed E-state index contributed by atoms with van der Waals surface area (Å²) in [4.78, 5) is 4.55. The van der Waals surface area contributed by atoms with Crippen molar-refractivity contribution in [2.45, 2.75) is 0 Å². The Morgan fingerprint density at radius 2 is 1.75 bits per heavy atom. The lowest BCUT2D eigenvalue weighted by Crippen LogP contribution is -1.83. The van der Waals surface area contributed by atoms with E-state index in [1.807, 2.05) is 36.4 Å². The van der Waals surface area contributed by atoms with Crippen LogP contribution in [0.15, 0.2) is 69.7 Å². The van der Waals surface area contributed by atoms with Crippen molar-refractivity contribution in [3.8, 4) is 11.3 Å². The molecule has 0 atom stereocenters. The van der Waals surface area contributed by atoms with E-state index >= 15 is 0 Å². The summed E-state index contributed by atoms with van der Waals surface area (Å²) in [5.41, 5.74) is 3.81. The molecule has 0 bridgehead atoms. The van der Waals surface area contributed by atoms with E-state index in [1.165, 1.54) is 0 Å². The molecule has 96 valence electrons. The summed E-state index contributed by atoms with van der Waals surface area (Å²) in [7, 11) is 0. The fourth-order valence-corrected chi connectivity index (χ4v) is 2.87.